The van der Waals surface area contributed by atoms with Crippen LogP contribution in [0.1, 0.15) is 39.2 Å². The zero-order chi connectivity index (χ0) is 22.4. The second kappa shape index (κ2) is 7.04. The lowest BCUT2D eigenvalue weighted by Crippen LogP contribution is -2.64. The third-order valence-corrected chi connectivity index (χ3v) is 9.75. The van der Waals surface area contributed by atoms with E-state index in [2.05, 4.69) is 63.0 Å². The van der Waals surface area contributed by atoms with Crippen LogP contribution in [0, 0.1) is 40.9 Å². The number of allylic oxidation sites excluding steroid dienone is 2. The highest BCUT2D eigenvalue weighted by molar-refractivity contribution is 5.88. The smallest absolute Gasteiger partial charge is 0.229 e. The number of aliphatic hydroxyl groups is 1. The lowest BCUT2D eigenvalue weighted by Gasteiger charge is -2.57. The fraction of sp³-hybridized carbons (Fsp3) is 0.607. The first-order valence-electron chi connectivity index (χ1n) is 12.4. The Morgan fingerprint density at radius 3 is 2.69 bits per heavy atom. The molecule has 4 heteroatoms. The molecule has 2 aliphatic heterocycles. The molecular weight excluding hydrogens is 398 g/mol. The summed E-state index contributed by atoms with van der Waals surface area (Å²) in [6.07, 6.45) is 4.14. The van der Waals surface area contributed by atoms with Crippen molar-refractivity contribution in [3.8, 4) is 0 Å². The molecule has 6 rings (SSSR count). The molecule has 2 saturated heterocycles. The summed E-state index contributed by atoms with van der Waals surface area (Å²) in [6.45, 7) is 11.2. The molecule has 0 bridgehead atoms. The summed E-state index contributed by atoms with van der Waals surface area (Å²) in [5.74, 6) is 1.21. The van der Waals surface area contributed by atoms with Gasteiger partial charge in [0.15, 0.2) is 0 Å². The molecule has 4 nitrogen and oxygen atoms in total. The van der Waals surface area contributed by atoms with Gasteiger partial charge >= 0.3 is 0 Å². The van der Waals surface area contributed by atoms with Crippen molar-refractivity contribution in [2.45, 2.75) is 64.4 Å². The van der Waals surface area contributed by atoms with E-state index < -0.39 is 11.5 Å². The Labute approximate surface area is 191 Å². The molecule has 2 heterocycles. The molecule has 0 unspecified atom stereocenters. The Kier molecular flexibility index (Phi) is 4.55. The van der Waals surface area contributed by atoms with E-state index in [0.29, 0.717) is 12.3 Å². The van der Waals surface area contributed by atoms with Crippen LogP contribution in [0.4, 0.5) is 0 Å². The number of aliphatic hydroxyl groups excluding tert-OH is 1. The number of amides is 1. The van der Waals surface area contributed by atoms with Crippen LogP contribution in [0.3, 0.4) is 0 Å². The highest BCUT2D eigenvalue weighted by Gasteiger charge is 2.75. The third-order valence-electron chi connectivity index (χ3n) is 9.75. The van der Waals surface area contributed by atoms with Gasteiger partial charge in [0, 0.05) is 17.9 Å². The van der Waals surface area contributed by atoms with Crippen molar-refractivity contribution in [2.24, 2.45) is 40.9 Å². The fourth-order valence-corrected chi connectivity index (χ4v) is 8.63. The van der Waals surface area contributed by atoms with Gasteiger partial charge in [-0.3, -0.25) is 4.79 Å². The van der Waals surface area contributed by atoms with E-state index in [4.69, 9.17) is 4.74 Å². The number of carbonyl (C=O) groups excluding carboxylic acids is 1. The minimum absolute atomic E-state index is 0.00388. The van der Waals surface area contributed by atoms with E-state index in [9.17, 15) is 9.90 Å². The van der Waals surface area contributed by atoms with Gasteiger partial charge in [-0.25, -0.2) is 0 Å². The van der Waals surface area contributed by atoms with Crippen LogP contribution < -0.4 is 5.32 Å². The van der Waals surface area contributed by atoms with Gasteiger partial charge in [0.25, 0.3) is 0 Å². The van der Waals surface area contributed by atoms with Crippen LogP contribution in [-0.2, 0) is 16.0 Å². The van der Waals surface area contributed by atoms with Crippen LogP contribution in [0.2, 0.25) is 0 Å². The summed E-state index contributed by atoms with van der Waals surface area (Å²) in [4.78, 5) is 13.9. The lowest BCUT2D eigenvalue weighted by atomic mass is 9.44. The zero-order valence-electron chi connectivity index (χ0n) is 19.3. The Hall–Kier alpha value is -1.91. The third kappa shape index (κ3) is 2.54. The second-order valence-corrected chi connectivity index (χ2v) is 11.3. The standard InChI is InChI=1S/C28H35NO3/c1-14-10-15(2)19-13-22(30)28-24(20(29-27(28)31)12-18-8-6-5-7-9-18)16(3)17(4)26-25(28)23(19)21(11-14)32-26/h5-10,14,16,19-26,30H,4,11-13H2,1-3H3,(H,29,31)/t14-,16-,19+,20+,21-,22-,23-,24+,25+,26-,28-/m1/s1. The minimum Gasteiger partial charge on any atom is -0.392 e. The van der Waals surface area contributed by atoms with Gasteiger partial charge in [0.05, 0.1) is 23.7 Å². The van der Waals surface area contributed by atoms with E-state index >= 15 is 0 Å². The molecule has 170 valence electrons. The molecule has 0 aromatic heterocycles. The Morgan fingerprint density at radius 1 is 1.19 bits per heavy atom. The average molecular weight is 434 g/mol. The Balaban J connectivity index is 1.47. The van der Waals surface area contributed by atoms with E-state index in [1.807, 2.05) is 6.07 Å². The van der Waals surface area contributed by atoms with E-state index in [0.717, 1.165) is 18.4 Å². The highest BCUT2D eigenvalue weighted by Crippen LogP contribution is 2.68. The second-order valence-electron chi connectivity index (χ2n) is 11.3. The molecular formula is C28H35NO3. The molecule has 2 saturated carbocycles. The van der Waals surface area contributed by atoms with Crippen LogP contribution in [-0.4, -0.2) is 35.4 Å². The summed E-state index contributed by atoms with van der Waals surface area (Å²) >= 11 is 0. The van der Waals surface area contributed by atoms with Crippen molar-refractivity contribution in [1.29, 1.82) is 0 Å². The lowest BCUT2D eigenvalue weighted by molar-refractivity contribution is -0.166. The molecule has 1 spiro atoms. The van der Waals surface area contributed by atoms with E-state index in [1.54, 1.807) is 0 Å². The normalized spacial score (nSPS) is 49.1. The monoisotopic (exact) mass is 433 g/mol. The van der Waals surface area contributed by atoms with Gasteiger partial charge in [0.2, 0.25) is 5.91 Å². The quantitative estimate of drug-likeness (QED) is 0.696. The van der Waals surface area contributed by atoms with Gasteiger partial charge in [0.1, 0.15) is 0 Å². The number of nitrogens with one attached hydrogen (secondary N) is 1. The summed E-state index contributed by atoms with van der Waals surface area (Å²) < 4.78 is 6.76. The zero-order valence-corrected chi connectivity index (χ0v) is 19.3. The van der Waals surface area contributed by atoms with Crippen molar-refractivity contribution in [3.63, 3.8) is 0 Å². The molecule has 3 aliphatic carbocycles. The van der Waals surface area contributed by atoms with Crippen molar-refractivity contribution in [3.05, 3.63) is 59.7 Å². The summed E-state index contributed by atoms with van der Waals surface area (Å²) in [5, 5.41) is 15.2. The SMILES string of the molecule is C=C1[C@@H](C)[C@H]2[C@H](Cc3ccccc3)NC(=O)[C@@]23[C@H]2[C@H]4[C@@H](C[C@H](C)C=C(C)[C@@H]4C[C@H]3O)O[C@H]12. The molecule has 1 amide bonds. The highest BCUT2D eigenvalue weighted by atomic mass is 16.5. The predicted molar refractivity (Wildman–Crippen MR) is 124 cm³/mol. The van der Waals surface area contributed by atoms with Crippen molar-refractivity contribution in [1.82, 2.24) is 5.32 Å². The van der Waals surface area contributed by atoms with Crippen LogP contribution in [0.15, 0.2) is 54.1 Å². The largest absolute Gasteiger partial charge is 0.392 e. The van der Waals surface area contributed by atoms with Crippen LogP contribution in [0.25, 0.3) is 0 Å². The van der Waals surface area contributed by atoms with Gasteiger partial charge in [-0.05, 0) is 61.0 Å². The Bertz CT molecular complexity index is 986. The van der Waals surface area contributed by atoms with Crippen molar-refractivity contribution in [2.75, 3.05) is 0 Å². The number of carbonyl (C=O) groups is 1. The van der Waals surface area contributed by atoms with E-state index in [1.165, 1.54) is 11.1 Å². The van der Waals surface area contributed by atoms with Gasteiger partial charge in [-0.2, -0.15) is 0 Å². The molecule has 5 aliphatic rings. The van der Waals surface area contributed by atoms with Crippen molar-refractivity contribution < 1.29 is 14.6 Å². The summed E-state index contributed by atoms with van der Waals surface area (Å²) in [6, 6.07) is 10.4. The fourth-order valence-electron chi connectivity index (χ4n) is 8.63. The maximum atomic E-state index is 13.9. The van der Waals surface area contributed by atoms with Crippen LogP contribution >= 0.6 is 0 Å². The van der Waals surface area contributed by atoms with Gasteiger partial charge in [-0.15, -0.1) is 0 Å². The molecule has 1 aromatic rings. The Morgan fingerprint density at radius 2 is 1.94 bits per heavy atom. The van der Waals surface area contributed by atoms with Gasteiger partial charge in [-0.1, -0.05) is 62.4 Å². The summed E-state index contributed by atoms with van der Waals surface area (Å²) in [5.41, 5.74) is 2.93. The van der Waals surface area contributed by atoms with Crippen LogP contribution in [0.5, 0.6) is 0 Å². The number of ether oxygens (including phenoxy) is 1. The molecule has 32 heavy (non-hydrogen) atoms. The molecule has 11 atom stereocenters. The number of benzene rings is 1. The number of hydrogen-bond acceptors (Lipinski definition) is 3. The molecule has 4 fully saturated rings. The average Bonchev–Trinajstić information content (AvgIpc) is 3.22. The topological polar surface area (TPSA) is 58.6 Å². The first-order chi connectivity index (χ1) is 15.3. The molecule has 2 N–H and O–H groups in total. The van der Waals surface area contributed by atoms with Gasteiger partial charge < -0.3 is 15.2 Å². The first kappa shape index (κ1) is 20.7. The minimum atomic E-state index is -0.783. The molecule has 0 radical (unpaired) electrons. The molecule has 1 aromatic carbocycles. The number of hydrogen-bond donors (Lipinski definition) is 2. The number of rotatable bonds is 2. The summed E-state index contributed by atoms with van der Waals surface area (Å²) in [7, 11) is 0. The first-order valence-corrected chi connectivity index (χ1v) is 12.4. The van der Waals surface area contributed by atoms with Crippen molar-refractivity contribution >= 4 is 5.91 Å². The predicted octanol–water partition coefficient (Wildman–Crippen LogP) is 3.90. The van der Waals surface area contributed by atoms with E-state index in [-0.39, 0.29) is 53.7 Å². The maximum Gasteiger partial charge on any atom is 0.229 e. The maximum absolute atomic E-state index is 13.9.